The van der Waals surface area contributed by atoms with Gasteiger partial charge in [0.2, 0.25) is 0 Å². The predicted molar refractivity (Wildman–Crippen MR) is 87.3 cm³/mol. The van der Waals surface area contributed by atoms with Crippen LogP contribution in [0.4, 0.5) is 5.69 Å². The van der Waals surface area contributed by atoms with E-state index in [4.69, 9.17) is 17.3 Å². The molecule has 0 saturated carbocycles. The van der Waals surface area contributed by atoms with Crippen LogP contribution in [0, 0.1) is 0 Å². The highest BCUT2D eigenvalue weighted by Gasteiger charge is 2.14. The average molecular weight is 334 g/mol. The van der Waals surface area contributed by atoms with Crippen molar-refractivity contribution in [2.24, 2.45) is 5.73 Å². The summed E-state index contributed by atoms with van der Waals surface area (Å²) in [6, 6.07) is 9.52. The number of nitrogens with one attached hydrogen (secondary N) is 1. The second-order valence-corrected chi connectivity index (χ2v) is 5.18. The Balaban J connectivity index is 2.01. The summed E-state index contributed by atoms with van der Waals surface area (Å²) in [5.74, 6) is -0.810. The lowest BCUT2D eigenvalue weighted by Gasteiger charge is -2.10. The first-order valence-electron chi connectivity index (χ1n) is 6.85. The molecule has 120 valence electrons. The molecular weight excluding hydrogens is 318 g/mol. The van der Waals surface area contributed by atoms with Gasteiger partial charge in [-0.15, -0.1) is 0 Å². The minimum atomic E-state index is -0.713. The van der Waals surface area contributed by atoms with E-state index in [0.717, 1.165) is 5.56 Å². The molecule has 0 aliphatic carbocycles. The van der Waals surface area contributed by atoms with Gasteiger partial charge in [-0.1, -0.05) is 23.7 Å². The molecule has 0 saturated heterocycles. The number of halogens is 1. The Bertz CT molecular complexity index is 704. The van der Waals surface area contributed by atoms with Gasteiger partial charge in [0.25, 0.3) is 5.91 Å². The number of carbonyl (C=O) groups is 2. The van der Waals surface area contributed by atoms with Gasteiger partial charge in [0.1, 0.15) is 11.2 Å². The highest BCUT2D eigenvalue weighted by molar-refractivity contribution is 6.33. The SMILES string of the molecule is COC(=O)[C@@H](N)Cc1ccc(NC(=O)c2cccnc2Cl)cc1. The van der Waals surface area contributed by atoms with Gasteiger partial charge in [0, 0.05) is 11.9 Å². The Morgan fingerprint density at radius 2 is 2.00 bits per heavy atom. The fraction of sp³-hybridized carbons (Fsp3) is 0.188. The molecule has 3 N–H and O–H groups in total. The van der Waals surface area contributed by atoms with Crippen molar-refractivity contribution in [3.63, 3.8) is 0 Å². The van der Waals surface area contributed by atoms with Crippen LogP contribution in [0.1, 0.15) is 15.9 Å². The van der Waals surface area contributed by atoms with Crippen molar-refractivity contribution in [1.82, 2.24) is 4.98 Å². The minimum absolute atomic E-state index is 0.144. The number of esters is 1. The Morgan fingerprint density at radius 1 is 1.30 bits per heavy atom. The number of methoxy groups -OCH3 is 1. The van der Waals surface area contributed by atoms with E-state index in [1.165, 1.54) is 13.3 Å². The smallest absolute Gasteiger partial charge is 0.322 e. The number of nitrogens with two attached hydrogens (primary N) is 1. The maximum atomic E-state index is 12.1. The molecule has 1 aromatic heterocycles. The number of amides is 1. The highest BCUT2D eigenvalue weighted by atomic mass is 35.5. The monoisotopic (exact) mass is 333 g/mol. The van der Waals surface area contributed by atoms with E-state index < -0.39 is 12.0 Å². The first kappa shape index (κ1) is 16.9. The van der Waals surface area contributed by atoms with Crippen molar-refractivity contribution in [2.45, 2.75) is 12.5 Å². The molecule has 1 aromatic carbocycles. The molecule has 1 heterocycles. The number of ether oxygens (including phenoxy) is 1. The summed E-state index contributed by atoms with van der Waals surface area (Å²) < 4.78 is 4.58. The molecular formula is C16H16ClN3O3. The zero-order chi connectivity index (χ0) is 16.8. The number of pyridine rings is 1. The molecule has 0 unspecified atom stereocenters. The molecule has 0 fully saturated rings. The van der Waals surface area contributed by atoms with Gasteiger partial charge < -0.3 is 15.8 Å². The van der Waals surface area contributed by atoms with Crippen molar-refractivity contribution in [2.75, 3.05) is 12.4 Å². The fourth-order valence-corrected chi connectivity index (χ4v) is 2.17. The molecule has 0 aliphatic heterocycles. The van der Waals surface area contributed by atoms with Crippen LogP contribution in [0.3, 0.4) is 0 Å². The van der Waals surface area contributed by atoms with Gasteiger partial charge in [0.05, 0.1) is 12.7 Å². The molecule has 0 aliphatic rings. The molecule has 2 rings (SSSR count). The molecule has 7 heteroatoms. The predicted octanol–water partition coefficient (Wildman–Crippen LogP) is 2.03. The highest BCUT2D eigenvalue weighted by Crippen LogP contribution is 2.16. The van der Waals surface area contributed by atoms with Gasteiger partial charge in [-0.25, -0.2) is 4.98 Å². The second-order valence-electron chi connectivity index (χ2n) is 4.83. The van der Waals surface area contributed by atoms with Gasteiger partial charge in [-0.3, -0.25) is 9.59 Å². The molecule has 23 heavy (non-hydrogen) atoms. The molecule has 6 nitrogen and oxygen atoms in total. The van der Waals surface area contributed by atoms with E-state index in [9.17, 15) is 9.59 Å². The van der Waals surface area contributed by atoms with Crippen LogP contribution < -0.4 is 11.1 Å². The van der Waals surface area contributed by atoms with Crippen LogP contribution in [0.15, 0.2) is 42.6 Å². The van der Waals surface area contributed by atoms with Crippen molar-refractivity contribution in [3.05, 3.63) is 58.9 Å². The van der Waals surface area contributed by atoms with Gasteiger partial charge in [-0.2, -0.15) is 0 Å². The van der Waals surface area contributed by atoms with E-state index in [0.29, 0.717) is 17.7 Å². The number of rotatable bonds is 5. The quantitative estimate of drug-likeness (QED) is 0.645. The molecule has 1 amide bonds. The van der Waals surface area contributed by atoms with E-state index in [1.54, 1.807) is 36.4 Å². The van der Waals surface area contributed by atoms with E-state index in [-0.39, 0.29) is 11.1 Å². The van der Waals surface area contributed by atoms with Crippen LogP contribution in [0.2, 0.25) is 5.15 Å². The summed E-state index contributed by atoms with van der Waals surface area (Å²) in [4.78, 5) is 27.3. The van der Waals surface area contributed by atoms with Crippen molar-refractivity contribution >= 4 is 29.2 Å². The van der Waals surface area contributed by atoms with Crippen LogP contribution in [0.5, 0.6) is 0 Å². The van der Waals surface area contributed by atoms with E-state index in [2.05, 4.69) is 15.0 Å². The summed E-state index contributed by atoms with van der Waals surface area (Å²) in [6.45, 7) is 0. The Labute approximate surface area is 138 Å². The van der Waals surface area contributed by atoms with Crippen molar-refractivity contribution in [3.8, 4) is 0 Å². The number of anilines is 1. The zero-order valence-electron chi connectivity index (χ0n) is 12.5. The lowest BCUT2D eigenvalue weighted by molar-refractivity contribution is -0.142. The summed E-state index contributed by atoms with van der Waals surface area (Å²) >= 11 is 5.88. The Hall–Kier alpha value is -2.44. The molecule has 0 bridgehead atoms. The Morgan fingerprint density at radius 3 is 2.61 bits per heavy atom. The summed E-state index contributed by atoms with van der Waals surface area (Å²) in [6.07, 6.45) is 1.87. The average Bonchev–Trinajstić information content (AvgIpc) is 2.56. The zero-order valence-corrected chi connectivity index (χ0v) is 13.2. The first-order chi connectivity index (χ1) is 11.0. The van der Waals surface area contributed by atoms with Crippen LogP contribution in [-0.2, 0) is 16.0 Å². The lowest BCUT2D eigenvalue weighted by atomic mass is 10.1. The standard InChI is InChI=1S/C16H16ClN3O3/c1-23-16(22)13(18)9-10-4-6-11(7-5-10)20-15(21)12-3-2-8-19-14(12)17/h2-8,13H,9,18H2,1H3,(H,20,21)/t13-/m0/s1. The van der Waals surface area contributed by atoms with Crippen LogP contribution in [-0.4, -0.2) is 30.0 Å². The molecule has 2 aromatic rings. The minimum Gasteiger partial charge on any atom is -0.468 e. The number of aromatic nitrogens is 1. The number of hydrogen-bond acceptors (Lipinski definition) is 5. The maximum absolute atomic E-state index is 12.1. The molecule has 0 radical (unpaired) electrons. The third kappa shape index (κ3) is 4.51. The summed E-state index contributed by atoms with van der Waals surface area (Å²) in [5, 5.41) is 2.87. The van der Waals surface area contributed by atoms with Gasteiger partial charge >= 0.3 is 5.97 Å². The van der Waals surface area contributed by atoms with Crippen molar-refractivity contribution < 1.29 is 14.3 Å². The van der Waals surface area contributed by atoms with E-state index >= 15 is 0 Å². The first-order valence-corrected chi connectivity index (χ1v) is 7.23. The topological polar surface area (TPSA) is 94.3 Å². The van der Waals surface area contributed by atoms with Crippen molar-refractivity contribution in [1.29, 1.82) is 0 Å². The number of carbonyl (C=O) groups excluding carboxylic acids is 2. The number of hydrogen-bond donors (Lipinski definition) is 2. The largest absolute Gasteiger partial charge is 0.468 e. The lowest BCUT2D eigenvalue weighted by Crippen LogP contribution is -2.33. The summed E-state index contributed by atoms with van der Waals surface area (Å²) in [7, 11) is 1.30. The molecule has 1 atom stereocenters. The van der Waals surface area contributed by atoms with E-state index in [1.807, 2.05) is 0 Å². The summed E-state index contributed by atoms with van der Waals surface area (Å²) in [5.41, 5.74) is 7.47. The van der Waals surface area contributed by atoms with Crippen LogP contribution in [0.25, 0.3) is 0 Å². The Kier molecular flexibility index (Phi) is 5.67. The third-order valence-corrected chi connectivity index (χ3v) is 3.48. The number of benzene rings is 1. The maximum Gasteiger partial charge on any atom is 0.322 e. The van der Waals surface area contributed by atoms with Gasteiger partial charge in [0.15, 0.2) is 0 Å². The fourth-order valence-electron chi connectivity index (χ4n) is 1.97. The normalized spacial score (nSPS) is 11.6. The molecule has 0 spiro atoms. The second kappa shape index (κ2) is 7.71. The van der Waals surface area contributed by atoms with Crippen LogP contribution >= 0.6 is 11.6 Å². The van der Waals surface area contributed by atoms with Gasteiger partial charge in [-0.05, 0) is 36.2 Å². The third-order valence-electron chi connectivity index (χ3n) is 3.18. The number of nitrogens with zero attached hydrogens (tertiary/aromatic N) is 1.